The van der Waals surface area contributed by atoms with Crippen molar-refractivity contribution in [3.8, 4) is 11.1 Å². The molecular weight excluding hydrogens is 450 g/mol. The summed E-state index contributed by atoms with van der Waals surface area (Å²) in [5.41, 5.74) is 8.59. The molecule has 6 N–H and O–H groups in total. The van der Waals surface area contributed by atoms with Gasteiger partial charge in [-0.3, -0.25) is 4.79 Å². The minimum absolute atomic E-state index is 0. The number of carboxylic acids is 1. The maximum absolute atomic E-state index is 11.8. The van der Waals surface area contributed by atoms with Crippen molar-refractivity contribution in [2.24, 2.45) is 11.7 Å². The van der Waals surface area contributed by atoms with Crippen molar-refractivity contribution in [2.75, 3.05) is 0 Å². The molecule has 0 aromatic heterocycles. The molecule has 0 aliphatic heterocycles. The second-order valence-electron chi connectivity index (χ2n) is 8.38. The van der Waals surface area contributed by atoms with Gasteiger partial charge >= 0.3 is 13.1 Å². The summed E-state index contributed by atoms with van der Waals surface area (Å²) in [6, 6.07) is 19.0. The van der Waals surface area contributed by atoms with E-state index in [1.807, 2.05) is 18.2 Å². The van der Waals surface area contributed by atoms with Crippen LogP contribution in [0.15, 0.2) is 54.6 Å². The predicted octanol–water partition coefficient (Wildman–Crippen LogP) is 3.49. The van der Waals surface area contributed by atoms with Crippen LogP contribution in [0.4, 0.5) is 0 Å². The van der Waals surface area contributed by atoms with Crippen molar-refractivity contribution in [1.29, 1.82) is 0 Å². The Balaban J connectivity index is 0.00000256. The van der Waals surface area contributed by atoms with Crippen LogP contribution >= 0.6 is 24.8 Å². The number of hydrogen-bond acceptors (Lipinski definition) is 5. The molecule has 6 nitrogen and oxygen atoms in total. The molecule has 2 aromatic carbocycles. The van der Waals surface area contributed by atoms with Gasteiger partial charge in [0.15, 0.2) is 0 Å². The number of carbonyl (C=O) groups is 1. The Hall–Kier alpha value is -1.61. The van der Waals surface area contributed by atoms with Gasteiger partial charge in [-0.1, -0.05) is 67.4 Å². The Morgan fingerprint density at radius 1 is 1.00 bits per heavy atom. The number of benzene rings is 2. The second-order valence-corrected chi connectivity index (χ2v) is 8.38. The van der Waals surface area contributed by atoms with Gasteiger partial charge in [-0.15, -0.1) is 24.8 Å². The molecule has 3 rings (SSSR count). The SMILES string of the molecule is Cl.Cl.NC(CCCCB(O)O)(C(=O)O)[C@H]1C[C@@H](NCc2ccc(-c3ccccc3)cc2)C1. The lowest BCUT2D eigenvalue weighted by atomic mass is 9.66. The number of aliphatic carboxylic acids is 1. The standard InChI is InChI=1S/C23H31BN2O4.2ClH/c25-23(22(27)28,12-4-5-13-24(29)30)20-14-21(15-20)26-16-17-8-10-19(11-9-17)18-6-2-1-3-7-18;;/h1-3,6-11,20-21,26,29-30H,4-5,12-16,25H2,(H,27,28);2*1H/t20-,21+,23?;;. The summed E-state index contributed by atoms with van der Waals surface area (Å²) in [5, 5.41) is 31.0. The predicted molar refractivity (Wildman–Crippen MR) is 133 cm³/mol. The molecule has 0 amide bonds. The summed E-state index contributed by atoms with van der Waals surface area (Å²) in [6.45, 7) is 0.742. The minimum atomic E-state index is -1.35. The second kappa shape index (κ2) is 13.2. The van der Waals surface area contributed by atoms with E-state index in [2.05, 4.69) is 41.7 Å². The molecule has 32 heavy (non-hydrogen) atoms. The summed E-state index contributed by atoms with van der Waals surface area (Å²) >= 11 is 0. The first kappa shape index (κ1) is 28.4. The number of rotatable bonds is 11. The highest BCUT2D eigenvalue weighted by molar-refractivity contribution is 6.40. The molecule has 0 heterocycles. The number of hydrogen-bond donors (Lipinski definition) is 5. The topological polar surface area (TPSA) is 116 Å². The van der Waals surface area contributed by atoms with Crippen LogP contribution in [0.1, 0.15) is 37.7 Å². The highest BCUT2D eigenvalue weighted by atomic mass is 35.5. The smallest absolute Gasteiger partial charge is 0.451 e. The van der Waals surface area contributed by atoms with Crippen molar-refractivity contribution < 1.29 is 19.9 Å². The van der Waals surface area contributed by atoms with E-state index in [1.165, 1.54) is 16.7 Å². The van der Waals surface area contributed by atoms with Crippen LogP contribution in [0.25, 0.3) is 11.1 Å². The van der Waals surface area contributed by atoms with Crippen LogP contribution < -0.4 is 11.1 Å². The molecule has 1 saturated carbocycles. The Kier molecular flexibility index (Phi) is 11.7. The fraction of sp³-hybridized carbons (Fsp3) is 0.435. The van der Waals surface area contributed by atoms with Crippen molar-refractivity contribution >= 4 is 37.9 Å². The Morgan fingerprint density at radius 3 is 2.16 bits per heavy atom. The van der Waals surface area contributed by atoms with Crippen LogP contribution in [-0.4, -0.2) is 39.8 Å². The van der Waals surface area contributed by atoms with Crippen molar-refractivity contribution in [1.82, 2.24) is 5.32 Å². The van der Waals surface area contributed by atoms with Crippen molar-refractivity contribution in [3.63, 3.8) is 0 Å². The van der Waals surface area contributed by atoms with Crippen molar-refractivity contribution in [2.45, 2.75) is 56.5 Å². The third-order valence-electron chi connectivity index (χ3n) is 6.22. The average molecular weight is 483 g/mol. The molecule has 0 bridgehead atoms. The van der Waals surface area contributed by atoms with Crippen LogP contribution in [0.3, 0.4) is 0 Å². The van der Waals surface area contributed by atoms with E-state index in [0.29, 0.717) is 19.3 Å². The molecule has 1 atom stereocenters. The monoisotopic (exact) mass is 482 g/mol. The van der Waals surface area contributed by atoms with Gasteiger partial charge in [0.25, 0.3) is 0 Å². The first-order valence-electron chi connectivity index (χ1n) is 10.6. The summed E-state index contributed by atoms with van der Waals surface area (Å²) in [6.07, 6.45) is 3.21. The van der Waals surface area contributed by atoms with Crippen LogP contribution in [0, 0.1) is 5.92 Å². The number of unbranched alkanes of at least 4 members (excludes halogenated alkanes) is 1. The lowest BCUT2D eigenvalue weighted by Gasteiger charge is -2.45. The van der Waals surface area contributed by atoms with Gasteiger partial charge in [-0.05, 0) is 48.2 Å². The van der Waals surface area contributed by atoms with Gasteiger partial charge in [0, 0.05) is 12.6 Å². The fourth-order valence-corrected chi connectivity index (χ4v) is 4.14. The molecule has 1 fully saturated rings. The maximum Gasteiger partial charge on any atom is 0.451 e. The van der Waals surface area contributed by atoms with E-state index in [9.17, 15) is 9.90 Å². The van der Waals surface area contributed by atoms with Crippen LogP contribution in [0.5, 0.6) is 0 Å². The maximum atomic E-state index is 11.8. The number of halogens is 2. The highest BCUT2D eigenvalue weighted by Crippen LogP contribution is 2.38. The Bertz CT molecular complexity index is 821. The van der Waals surface area contributed by atoms with Gasteiger partial charge in [-0.25, -0.2) is 0 Å². The molecule has 1 aliphatic carbocycles. The van der Waals surface area contributed by atoms with E-state index >= 15 is 0 Å². The molecule has 0 spiro atoms. The first-order valence-corrected chi connectivity index (χ1v) is 10.6. The van der Waals surface area contributed by atoms with E-state index in [1.54, 1.807) is 0 Å². The molecular formula is C23H33BCl2N2O4. The minimum Gasteiger partial charge on any atom is -0.480 e. The lowest BCUT2D eigenvalue weighted by Crippen LogP contribution is -2.61. The summed E-state index contributed by atoms with van der Waals surface area (Å²) in [4.78, 5) is 11.8. The largest absolute Gasteiger partial charge is 0.480 e. The highest BCUT2D eigenvalue weighted by Gasteiger charge is 2.47. The molecule has 176 valence electrons. The third-order valence-corrected chi connectivity index (χ3v) is 6.22. The van der Waals surface area contributed by atoms with E-state index in [4.69, 9.17) is 15.8 Å². The molecule has 1 unspecified atom stereocenters. The van der Waals surface area contributed by atoms with E-state index in [-0.39, 0.29) is 43.1 Å². The van der Waals surface area contributed by atoms with Crippen LogP contribution in [0.2, 0.25) is 6.32 Å². The molecule has 0 saturated heterocycles. The van der Waals surface area contributed by atoms with Gasteiger partial charge in [0.1, 0.15) is 5.54 Å². The zero-order valence-electron chi connectivity index (χ0n) is 18.0. The van der Waals surface area contributed by atoms with Gasteiger partial charge < -0.3 is 26.2 Å². The number of carboxylic acid groups (broad SMARTS) is 1. The summed E-state index contributed by atoms with van der Waals surface area (Å²) in [5.74, 6) is -1.03. The lowest BCUT2D eigenvalue weighted by molar-refractivity contribution is -0.148. The normalized spacial score (nSPS) is 19.0. The zero-order valence-corrected chi connectivity index (χ0v) is 19.7. The van der Waals surface area contributed by atoms with E-state index in [0.717, 1.165) is 19.4 Å². The van der Waals surface area contributed by atoms with Crippen LogP contribution in [-0.2, 0) is 11.3 Å². The fourth-order valence-electron chi connectivity index (χ4n) is 4.14. The Labute approximate surface area is 202 Å². The zero-order chi connectivity index (χ0) is 21.6. The van der Waals surface area contributed by atoms with Gasteiger partial charge in [0.2, 0.25) is 0 Å². The van der Waals surface area contributed by atoms with Crippen molar-refractivity contribution in [3.05, 3.63) is 60.2 Å². The number of nitrogens with one attached hydrogen (secondary N) is 1. The Morgan fingerprint density at radius 2 is 1.59 bits per heavy atom. The third kappa shape index (κ3) is 7.47. The summed E-state index contributed by atoms with van der Waals surface area (Å²) < 4.78 is 0. The van der Waals surface area contributed by atoms with Gasteiger partial charge in [-0.2, -0.15) is 0 Å². The summed E-state index contributed by atoms with van der Waals surface area (Å²) in [7, 11) is -1.35. The first-order chi connectivity index (χ1) is 14.4. The average Bonchev–Trinajstić information content (AvgIpc) is 2.71. The van der Waals surface area contributed by atoms with Gasteiger partial charge in [0.05, 0.1) is 0 Å². The molecule has 0 radical (unpaired) electrons. The molecule has 9 heteroatoms. The quantitative estimate of drug-likeness (QED) is 0.247. The molecule has 2 aromatic rings. The number of nitrogens with two attached hydrogens (primary N) is 1. The van der Waals surface area contributed by atoms with E-state index < -0.39 is 18.6 Å². The molecule has 1 aliphatic rings.